The van der Waals surface area contributed by atoms with Crippen molar-refractivity contribution in [2.45, 2.75) is 33.2 Å². The van der Waals surface area contributed by atoms with Gasteiger partial charge in [-0.15, -0.1) is 0 Å². The Hall–Kier alpha value is -3.17. The van der Waals surface area contributed by atoms with Crippen molar-refractivity contribution in [3.63, 3.8) is 0 Å². The molecular formula is C24H23N3O4S2. The number of nitrogens with zero attached hydrogens (tertiary/aromatic N) is 3. The van der Waals surface area contributed by atoms with E-state index in [0.717, 1.165) is 12.0 Å². The zero-order valence-corrected chi connectivity index (χ0v) is 20.3. The Morgan fingerprint density at radius 1 is 1.18 bits per heavy atom. The van der Waals surface area contributed by atoms with Gasteiger partial charge in [0.15, 0.2) is 11.5 Å². The van der Waals surface area contributed by atoms with Crippen LogP contribution in [0.5, 0.6) is 17.4 Å². The fraction of sp³-hybridized carbons (Fsp3) is 0.250. The topological polar surface area (TPSA) is 73.1 Å². The molecule has 1 aliphatic heterocycles. The van der Waals surface area contributed by atoms with Crippen LogP contribution in [0, 0.1) is 6.92 Å². The maximum atomic E-state index is 13.5. The molecule has 2 aromatic heterocycles. The second-order valence-electron chi connectivity index (χ2n) is 7.58. The molecule has 1 amide bonds. The number of thioether (sulfide) groups is 1. The highest BCUT2D eigenvalue weighted by molar-refractivity contribution is 8.26. The maximum absolute atomic E-state index is 13.5. The van der Waals surface area contributed by atoms with E-state index in [9.17, 15) is 9.59 Å². The van der Waals surface area contributed by atoms with Gasteiger partial charge in [-0.2, -0.15) is 4.98 Å². The summed E-state index contributed by atoms with van der Waals surface area (Å²) in [7, 11) is 1.54. The molecule has 1 aliphatic rings. The molecule has 0 saturated carbocycles. The molecule has 1 atom stereocenters. The number of aryl methyl sites for hydroxylation is 1. The highest BCUT2D eigenvalue weighted by Crippen LogP contribution is 2.37. The van der Waals surface area contributed by atoms with Crippen molar-refractivity contribution in [3.8, 4) is 17.4 Å². The summed E-state index contributed by atoms with van der Waals surface area (Å²) in [4.78, 5) is 33.2. The first-order valence-corrected chi connectivity index (χ1v) is 11.7. The second-order valence-corrected chi connectivity index (χ2v) is 9.26. The normalized spacial score (nSPS) is 16.0. The number of hydrogen-bond donors (Lipinski definition) is 0. The molecule has 0 spiro atoms. The zero-order chi connectivity index (χ0) is 23.7. The lowest BCUT2D eigenvalue weighted by atomic mass is 10.2. The minimum Gasteiger partial charge on any atom is -0.493 e. The van der Waals surface area contributed by atoms with Crippen molar-refractivity contribution in [1.82, 2.24) is 14.3 Å². The number of pyridine rings is 1. The van der Waals surface area contributed by atoms with Crippen molar-refractivity contribution < 1.29 is 14.3 Å². The third kappa shape index (κ3) is 4.26. The van der Waals surface area contributed by atoms with E-state index in [1.165, 1.54) is 29.3 Å². The third-order valence-corrected chi connectivity index (χ3v) is 6.79. The number of ether oxygens (including phenoxy) is 2. The largest absolute Gasteiger partial charge is 0.493 e. The van der Waals surface area contributed by atoms with E-state index in [1.807, 2.05) is 32.9 Å². The summed E-state index contributed by atoms with van der Waals surface area (Å²) in [5.41, 5.74) is 1.10. The van der Waals surface area contributed by atoms with E-state index < -0.39 is 0 Å². The van der Waals surface area contributed by atoms with Gasteiger partial charge in [-0.1, -0.05) is 49.1 Å². The Bertz CT molecular complexity index is 1350. The summed E-state index contributed by atoms with van der Waals surface area (Å²) in [6.07, 6.45) is 3.93. The molecule has 0 unspecified atom stereocenters. The first kappa shape index (κ1) is 23.0. The Morgan fingerprint density at radius 2 is 1.91 bits per heavy atom. The van der Waals surface area contributed by atoms with Crippen molar-refractivity contribution in [2.24, 2.45) is 0 Å². The van der Waals surface area contributed by atoms with E-state index in [0.29, 0.717) is 26.4 Å². The van der Waals surface area contributed by atoms with Crippen molar-refractivity contribution in [2.75, 3.05) is 7.11 Å². The Kier molecular flexibility index (Phi) is 6.53. The van der Waals surface area contributed by atoms with Crippen LogP contribution in [0.4, 0.5) is 0 Å². The predicted octanol–water partition coefficient (Wildman–Crippen LogP) is 4.80. The summed E-state index contributed by atoms with van der Waals surface area (Å²) in [6, 6.07) is 10.7. The molecule has 7 nitrogen and oxygen atoms in total. The fourth-order valence-corrected chi connectivity index (χ4v) is 4.92. The Labute approximate surface area is 201 Å². The summed E-state index contributed by atoms with van der Waals surface area (Å²) in [6.45, 7) is 5.80. The standard InChI is InChI=1S/C24H23N3O4S2/c1-5-15(3)27-23(29)19(33-24(27)32)13-16-21(31-18-11-7-6-10-17(18)30-4)25-20-14(2)9-8-12-26(20)22(16)28/h6-13,15H,5H2,1-4H3/b19-13-/t15-/m1/s1. The van der Waals surface area contributed by atoms with Crippen LogP contribution < -0.4 is 15.0 Å². The van der Waals surface area contributed by atoms with Gasteiger partial charge in [0.05, 0.1) is 12.0 Å². The molecule has 1 fully saturated rings. The molecule has 3 heterocycles. The first-order chi connectivity index (χ1) is 15.8. The molecule has 9 heteroatoms. The first-order valence-electron chi connectivity index (χ1n) is 10.5. The molecule has 0 aliphatic carbocycles. The number of carbonyl (C=O) groups is 1. The molecule has 3 aromatic rings. The van der Waals surface area contributed by atoms with Gasteiger partial charge in [0, 0.05) is 12.2 Å². The number of methoxy groups -OCH3 is 1. The van der Waals surface area contributed by atoms with Crippen LogP contribution in [-0.2, 0) is 4.79 Å². The maximum Gasteiger partial charge on any atom is 0.269 e. The average molecular weight is 482 g/mol. The Balaban J connectivity index is 1.90. The molecule has 33 heavy (non-hydrogen) atoms. The third-order valence-electron chi connectivity index (χ3n) is 5.46. The number of para-hydroxylation sites is 2. The predicted molar refractivity (Wildman–Crippen MR) is 134 cm³/mol. The van der Waals surface area contributed by atoms with Crippen LogP contribution >= 0.6 is 24.0 Å². The van der Waals surface area contributed by atoms with Crippen LogP contribution in [0.2, 0.25) is 0 Å². The molecule has 1 aromatic carbocycles. The number of fused-ring (bicyclic) bond motifs is 1. The number of rotatable bonds is 6. The lowest BCUT2D eigenvalue weighted by Gasteiger charge is -2.21. The van der Waals surface area contributed by atoms with Gasteiger partial charge in [-0.05, 0) is 50.1 Å². The van der Waals surface area contributed by atoms with E-state index in [2.05, 4.69) is 4.98 Å². The SMILES string of the molecule is CC[C@@H](C)N1C(=O)/C(=C/c2c(Oc3ccccc3OC)nc3c(C)cccn3c2=O)SC1=S. The van der Waals surface area contributed by atoms with Gasteiger partial charge < -0.3 is 9.47 Å². The van der Waals surface area contributed by atoms with Crippen molar-refractivity contribution in [1.29, 1.82) is 0 Å². The number of benzene rings is 1. The van der Waals surface area contributed by atoms with Gasteiger partial charge in [-0.3, -0.25) is 18.9 Å². The smallest absolute Gasteiger partial charge is 0.269 e. The van der Waals surface area contributed by atoms with Gasteiger partial charge >= 0.3 is 0 Å². The number of aromatic nitrogens is 2. The highest BCUT2D eigenvalue weighted by Gasteiger charge is 2.35. The van der Waals surface area contributed by atoms with Gasteiger partial charge in [0.2, 0.25) is 5.88 Å². The van der Waals surface area contributed by atoms with Crippen LogP contribution in [0.15, 0.2) is 52.3 Å². The molecule has 0 bridgehead atoms. The number of hydrogen-bond acceptors (Lipinski definition) is 7. The summed E-state index contributed by atoms with van der Waals surface area (Å²) in [5, 5.41) is 0. The van der Waals surface area contributed by atoms with E-state index in [4.69, 9.17) is 21.7 Å². The van der Waals surface area contributed by atoms with E-state index in [1.54, 1.807) is 35.4 Å². The quantitative estimate of drug-likeness (QED) is 0.370. The summed E-state index contributed by atoms with van der Waals surface area (Å²) >= 11 is 6.60. The number of carbonyl (C=O) groups excluding carboxylic acids is 1. The molecule has 1 saturated heterocycles. The van der Waals surface area contributed by atoms with Gasteiger partial charge in [0.25, 0.3) is 11.5 Å². The van der Waals surface area contributed by atoms with Crippen LogP contribution in [-0.4, -0.2) is 37.7 Å². The number of thiocarbonyl (C=S) groups is 1. The molecule has 0 N–H and O–H groups in total. The summed E-state index contributed by atoms with van der Waals surface area (Å²) < 4.78 is 13.4. The summed E-state index contributed by atoms with van der Waals surface area (Å²) in [5.74, 6) is 0.772. The zero-order valence-electron chi connectivity index (χ0n) is 18.7. The highest BCUT2D eigenvalue weighted by atomic mass is 32.2. The van der Waals surface area contributed by atoms with Crippen molar-refractivity contribution >= 4 is 45.9 Å². The van der Waals surface area contributed by atoms with Crippen molar-refractivity contribution in [3.05, 3.63) is 69.0 Å². The van der Waals surface area contributed by atoms with E-state index >= 15 is 0 Å². The fourth-order valence-electron chi connectivity index (χ4n) is 3.47. The minimum absolute atomic E-state index is 0.0359. The lowest BCUT2D eigenvalue weighted by Crippen LogP contribution is -2.36. The molecular weight excluding hydrogens is 458 g/mol. The number of amides is 1. The van der Waals surface area contributed by atoms with Crippen LogP contribution in [0.25, 0.3) is 11.7 Å². The monoisotopic (exact) mass is 481 g/mol. The Morgan fingerprint density at radius 3 is 2.61 bits per heavy atom. The lowest BCUT2D eigenvalue weighted by molar-refractivity contribution is -0.123. The van der Waals surface area contributed by atoms with Gasteiger partial charge in [-0.25, -0.2) is 0 Å². The van der Waals surface area contributed by atoms with Crippen LogP contribution in [0.3, 0.4) is 0 Å². The van der Waals surface area contributed by atoms with E-state index in [-0.39, 0.29) is 29.0 Å². The minimum atomic E-state index is -0.345. The average Bonchev–Trinajstić information content (AvgIpc) is 3.09. The van der Waals surface area contributed by atoms with Crippen LogP contribution in [0.1, 0.15) is 31.4 Å². The second kappa shape index (κ2) is 9.36. The molecule has 170 valence electrons. The molecule has 4 rings (SSSR count). The van der Waals surface area contributed by atoms with Gasteiger partial charge in [0.1, 0.15) is 15.5 Å². The molecule has 0 radical (unpaired) electrons.